The van der Waals surface area contributed by atoms with Crippen LogP contribution in [0.3, 0.4) is 0 Å². The molecule has 2 aromatic carbocycles. The van der Waals surface area contributed by atoms with Gasteiger partial charge < -0.3 is 14.2 Å². The molecule has 0 unspecified atom stereocenters. The lowest BCUT2D eigenvalue weighted by molar-refractivity contribution is 0.174. The molecule has 1 aliphatic heterocycles. The van der Waals surface area contributed by atoms with Crippen LogP contribution in [0.4, 0.5) is 0 Å². The average molecular weight is 445 g/mol. The second-order valence-electron chi connectivity index (χ2n) is 8.87. The number of ether oxygens (including phenoxy) is 1. The minimum Gasteiger partial charge on any atom is -0.496 e. The molecule has 2 heterocycles. The van der Waals surface area contributed by atoms with Gasteiger partial charge in [-0.25, -0.2) is 0 Å². The van der Waals surface area contributed by atoms with Gasteiger partial charge in [-0.05, 0) is 70.2 Å². The Balaban J connectivity index is 1.23. The lowest BCUT2D eigenvalue weighted by Gasteiger charge is -2.37. The highest BCUT2D eigenvalue weighted by molar-refractivity contribution is 5.66. The normalized spacial score (nSPS) is 15.9. The average Bonchev–Trinajstić information content (AvgIpc) is 3.33. The number of hydrogen-bond acceptors (Lipinski definition) is 6. The number of benzene rings is 2. The van der Waals surface area contributed by atoms with E-state index in [-0.39, 0.29) is 5.41 Å². The van der Waals surface area contributed by atoms with Crippen molar-refractivity contribution in [3.05, 3.63) is 72.0 Å². The van der Waals surface area contributed by atoms with Gasteiger partial charge in [0.2, 0.25) is 0 Å². The van der Waals surface area contributed by atoms with E-state index >= 15 is 0 Å². The summed E-state index contributed by atoms with van der Waals surface area (Å²) < 4.78 is 11.0. The van der Waals surface area contributed by atoms with Crippen molar-refractivity contribution in [1.82, 2.24) is 15.0 Å². The molecule has 3 aromatic rings. The van der Waals surface area contributed by atoms with Crippen molar-refractivity contribution < 1.29 is 9.26 Å². The van der Waals surface area contributed by atoms with Gasteiger partial charge in [0.1, 0.15) is 11.4 Å². The molecule has 6 heteroatoms. The van der Waals surface area contributed by atoms with Gasteiger partial charge in [-0.15, -0.1) is 0 Å². The molecule has 0 spiro atoms. The van der Waals surface area contributed by atoms with E-state index in [9.17, 15) is 5.26 Å². The predicted molar refractivity (Wildman–Crippen MR) is 129 cm³/mol. The van der Waals surface area contributed by atoms with Crippen LogP contribution in [0.15, 0.2) is 65.2 Å². The summed E-state index contributed by atoms with van der Waals surface area (Å²) in [6, 6.07) is 22.7. The van der Waals surface area contributed by atoms with Crippen molar-refractivity contribution >= 4 is 0 Å². The zero-order chi connectivity index (χ0) is 23.1. The second kappa shape index (κ2) is 10.7. The van der Waals surface area contributed by atoms with Gasteiger partial charge in [-0.3, -0.25) is 4.90 Å². The van der Waals surface area contributed by atoms with E-state index in [1.54, 1.807) is 7.11 Å². The Bertz CT molecular complexity index is 1060. The summed E-state index contributed by atoms with van der Waals surface area (Å²) in [5, 5.41) is 14.1. The highest BCUT2D eigenvalue weighted by atomic mass is 16.5. The molecule has 0 aliphatic carbocycles. The predicted octanol–water partition coefficient (Wildman–Crippen LogP) is 4.73. The summed E-state index contributed by atoms with van der Waals surface area (Å²) in [6.45, 7) is 4.67. The van der Waals surface area contributed by atoms with Crippen molar-refractivity contribution in [3.63, 3.8) is 0 Å². The summed E-state index contributed by atoms with van der Waals surface area (Å²) in [7, 11) is 3.77. The monoisotopic (exact) mass is 444 g/mol. The Morgan fingerprint density at radius 3 is 2.58 bits per heavy atom. The number of methoxy groups -OCH3 is 1. The number of nitrogens with zero attached hydrogens (tertiary/aromatic N) is 4. The maximum atomic E-state index is 9.88. The molecule has 0 N–H and O–H groups in total. The maximum Gasteiger partial charge on any atom is 0.151 e. The Labute approximate surface area is 196 Å². The topological polar surface area (TPSA) is 65.5 Å². The summed E-state index contributed by atoms with van der Waals surface area (Å²) in [5.41, 5.74) is 2.56. The number of likely N-dealkylation sites (tertiary alicyclic amines) is 1. The molecule has 1 fully saturated rings. The molecule has 6 nitrogen and oxygen atoms in total. The third-order valence-electron chi connectivity index (χ3n) is 6.63. The van der Waals surface area contributed by atoms with Gasteiger partial charge in [0, 0.05) is 11.6 Å². The molecule has 0 atom stereocenters. The van der Waals surface area contributed by atoms with Crippen molar-refractivity contribution in [2.24, 2.45) is 0 Å². The Kier molecular flexibility index (Phi) is 7.43. The number of piperidine rings is 1. The Hall–Kier alpha value is -3.14. The third kappa shape index (κ3) is 5.44. The van der Waals surface area contributed by atoms with Crippen molar-refractivity contribution in [2.75, 3.05) is 40.3 Å². The zero-order valence-electron chi connectivity index (χ0n) is 19.5. The maximum absolute atomic E-state index is 9.88. The Morgan fingerprint density at radius 2 is 1.85 bits per heavy atom. The standard InChI is InChI=1S/C27H32N4O2/c1-30(20-23-19-25(29-33-23)24-11-6-7-12-26(24)32-2)15-8-16-31-17-13-27(21-28,14-18-31)22-9-4-3-5-10-22/h3-7,9-12,19H,8,13-18,20H2,1-2H3. The summed E-state index contributed by atoms with van der Waals surface area (Å²) >= 11 is 0. The first-order valence-electron chi connectivity index (χ1n) is 11.6. The van der Waals surface area contributed by atoms with E-state index in [0.717, 1.165) is 73.8 Å². The van der Waals surface area contributed by atoms with E-state index in [1.807, 2.05) is 48.5 Å². The van der Waals surface area contributed by atoms with E-state index in [2.05, 4.69) is 40.2 Å². The number of nitriles is 1. The van der Waals surface area contributed by atoms with E-state index in [4.69, 9.17) is 9.26 Å². The van der Waals surface area contributed by atoms with Crippen LogP contribution in [0.5, 0.6) is 5.75 Å². The van der Waals surface area contributed by atoms with Crippen molar-refractivity contribution in [3.8, 4) is 23.1 Å². The van der Waals surface area contributed by atoms with Gasteiger partial charge in [-0.1, -0.05) is 47.6 Å². The zero-order valence-corrected chi connectivity index (χ0v) is 19.5. The quantitative estimate of drug-likeness (QED) is 0.475. The smallest absolute Gasteiger partial charge is 0.151 e. The highest BCUT2D eigenvalue weighted by Crippen LogP contribution is 2.35. The first-order chi connectivity index (χ1) is 16.1. The minimum absolute atomic E-state index is 0.333. The van der Waals surface area contributed by atoms with Crippen LogP contribution in [-0.2, 0) is 12.0 Å². The molecule has 1 aliphatic rings. The molecular weight excluding hydrogens is 412 g/mol. The fourth-order valence-corrected chi connectivity index (χ4v) is 4.66. The molecule has 1 saturated heterocycles. The number of hydrogen-bond donors (Lipinski definition) is 0. The molecule has 172 valence electrons. The first-order valence-corrected chi connectivity index (χ1v) is 11.6. The van der Waals surface area contributed by atoms with Gasteiger partial charge in [0.15, 0.2) is 5.76 Å². The number of para-hydroxylation sites is 1. The van der Waals surface area contributed by atoms with Crippen LogP contribution in [0.2, 0.25) is 0 Å². The molecule has 0 radical (unpaired) electrons. The minimum atomic E-state index is -0.333. The summed E-state index contributed by atoms with van der Waals surface area (Å²) in [4.78, 5) is 4.75. The van der Waals surface area contributed by atoms with Gasteiger partial charge in [0.05, 0.1) is 25.1 Å². The van der Waals surface area contributed by atoms with Crippen LogP contribution < -0.4 is 4.74 Å². The van der Waals surface area contributed by atoms with E-state index < -0.39 is 0 Å². The van der Waals surface area contributed by atoms with Crippen LogP contribution in [0, 0.1) is 11.3 Å². The third-order valence-corrected chi connectivity index (χ3v) is 6.63. The van der Waals surface area contributed by atoms with E-state index in [0.29, 0.717) is 6.54 Å². The molecule has 4 rings (SSSR count). The van der Waals surface area contributed by atoms with Gasteiger partial charge >= 0.3 is 0 Å². The van der Waals surface area contributed by atoms with Crippen LogP contribution in [-0.4, -0.2) is 55.3 Å². The Morgan fingerprint density at radius 1 is 1.12 bits per heavy atom. The summed E-state index contributed by atoms with van der Waals surface area (Å²) in [5.74, 6) is 1.64. The number of rotatable bonds is 9. The molecular formula is C27H32N4O2. The first kappa shape index (κ1) is 23.0. The fraction of sp³-hybridized carbons (Fsp3) is 0.407. The second-order valence-corrected chi connectivity index (χ2v) is 8.87. The lowest BCUT2D eigenvalue weighted by Crippen LogP contribution is -2.42. The van der Waals surface area contributed by atoms with Gasteiger partial charge in [0.25, 0.3) is 0 Å². The van der Waals surface area contributed by atoms with E-state index in [1.165, 1.54) is 0 Å². The van der Waals surface area contributed by atoms with Gasteiger partial charge in [-0.2, -0.15) is 5.26 Å². The van der Waals surface area contributed by atoms with Crippen LogP contribution in [0.25, 0.3) is 11.3 Å². The lowest BCUT2D eigenvalue weighted by atomic mass is 9.74. The molecule has 1 aromatic heterocycles. The van der Waals surface area contributed by atoms with Crippen molar-refractivity contribution in [2.45, 2.75) is 31.2 Å². The molecule has 0 amide bonds. The summed E-state index contributed by atoms with van der Waals surface area (Å²) in [6.07, 6.45) is 2.87. The number of aromatic nitrogens is 1. The molecule has 0 bridgehead atoms. The molecule has 33 heavy (non-hydrogen) atoms. The van der Waals surface area contributed by atoms with Crippen LogP contribution >= 0.6 is 0 Å². The van der Waals surface area contributed by atoms with Crippen LogP contribution in [0.1, 0.15) is 30.6 Å². The SMILES string of the molecule is COc1ccccc1-c1cc(CN(C)CCCN2CCC(C#N)(c3ccccc3)CC2)on1. The fourth-order valence-electron chi connectivity index (χ4n) is 4.66. The molecule has 0 saturated carbocycles. The largest absolute Gasteiger partial charge is 0.496 e. The highest BCUT2D eigenvalue weighted by Gasteiger charge is 2.36. The van der Waals surface area contributed by atoms with Crippen molar-refractivity contribution in [1.29, 1.82) is 5.26 Å².